The maximum absolute atomic E-state index is 11.9. The van der Waals surface area contributed by atoms with Crippen LogP contribution in [-0.2, 0) is 19.1 Å². The first-order chi connectivity index (χ1) is 7.85. The third-order valence-corrected chi connectivity index (χ3v) is 3.45. The number of Topliss-reactive ketones (excluding diaryl/α,β-unsaturated/α-hetero) is 1. The van der Waals surface area contributed by atoms with Crippen LogP contribution in [0.3, 0.4) is 0 Å². The van der Waals surface area contributed by atoms with Gasteiger partial charge >= 0.3 is 5.97 Å². The number of likely N-dealkylation sites (tertiary alicyclic amines) is 1. The monoisotopic (exact) mass is 241 g/mol. The van der Waals surface area contributed by atoms with E-state index < -0.39 is 29.1 Å². The molecule has 0 aromatic heterocycles. The predicted octanol–water partition coefficient (Wildman–Crippen LogP) is 0.766. The number of ketones is 1. The van der Waals surface area contributed by atoms with Crippen LogP contribution in [0, 0.1) is 5.41 Å². The van der Waals surface area contributed by atoms with E-state index in [0.717, 1.165) is 0 Å². The molecule has 0 aromatic rings. The second-order valence-corrected chi connectivity index (χ2v) is 4.89. The Morgan fingerprint density at radius 2 is 1.94 bits per heavy atom. The number of nitrogens with zero attached hydrogens (tertiary/aromatic N) is 1. The van der Waals surface area contributed by atoms with Gasteiger partial charge in [-0.25, -0.2) is 4.79 Å². The first-order valence-corrected chi connectivity index (χ1v) is 5.78. The summed E-state index contributed by atoms with van der Waals surface area (Å²) in [7, 11) is 1.28. The lowest BCUT2D eigenvalue weighted by atomic mass is 9.84. The highest BCUT2D eigenvalue weighted by molar-refractivity contribution is 6.38. The van der Waals surface area contributed by atoms with Gasteiger partial charge in [0.2, 0.25) is 5.78 Å². The number of carbonyl (C=O) groups is 3. The van der Waals surface area contributed by atoms with Crippen molar-refractivity contribution in [2.45, 2.75) is 39.7 Å². The molecule has 1 heterocycles. The molecular weight excluding hydrogens is 222 g/mol. The van der Waals surface area contributed by atoms with Crippen molar-refractivity contribution in [3.05, 3.63) is 0 Å². The Kier molecular flexibility index (Phi) is 3.91. The Bertz CT molecular complexity index is 348. The van der Waals surface area contributed by atoms with Crippen LogP contribution in [0.2, 0.25) is 0 Å². The van der Waals surface area contributed by atoms with Gasteiger partial charge in [0.25, 0.3) is 5.91 Å². The molecule has 5 nitrogen and oxygen atoms in total. The lowest BCUT2D eigenvalue weighted by Crippen LogP contribution is -2.58. The van der Waals surface area contributed by atoms with Gasteiger partial charge in [-0.2, -0.15) is 0 Å². The van der Waals surface area contributed by atoms with E-state index in [4.69, 9.17) is 0 Å². The molecule has 1 aliphatic heterocycles. The number of rotatable bonds is 4. The molecule has 0 aliphatic carbocycles. The maximum Gasteiger partial charge on any atom is 0.328 e. The number of hydrogen-bond acceptors (Lipinski definition) is 4. The molecule has 1 atom stereocenters. The van der Waals surface area contributed by atoms with Crippen LogP contribution in [0.15, 0.2) is 0 Å². The minimum atomic E-state index is -0.673. The highest BCUT2D eigenvalue weighted by Crippen LogP contribution is 2.26. The van der Waals surface area contributed by atoms with Crippen molar-refractivity contribution in [2.24, 2.45) is 5.41 Å². The zero-order valence-corrected chi connectivity index (χ0v) is 10.8. The Labute approximate surface area is 101 Å². The van der Waals surface area contributed by atoms with E-state index in [-0.39, 0.29) is 0 Å². The summed E-state index contributed by atoms with van der Waals surface area (Å²) in [4.78, 5) is 36.5. The average Bonchev–Trinajstić information content (AvgIpc) is 2.26. The summed E-state index contributed by atoms with van der Waals surface area (Å²) in [6.45, 7) is 5.78. The van der Waals surface area contributed by atoms with Crippen molar-refractivity contribution in [1.82, 2.24) is 4.90 Å². The first kappa shape index (κ1) is 13.7. The molecule has 96 valence electrons. The van der Waals surface area contributed by atoms with Crippen molar-refractivity contribution in [3.63, 3.8) is 0 Å². The lowest BCUT2D eigenvalue weighted by Gasteiger charge is -2.39. The number of amides is 1. The number of carbonyl (C=O) groups excluding carboxylic acids is 3. The van der Waals surface area contributed by atoms with Crippen LogP contribution < -0.4 is 0 Å². The molecule has 1 aliphatic rings. The van der Waals surface area contributed by atoms with Crippen molar-refractivity contribution in [2.75, 3.05) is 13.7 Å². The standard InChI is InChI=1S/C12H19NO4/c1-5-12(2,3)9(14)10(15)13-7-6-8(13)11(16)17-4/h8H,5-7H2,1-4H3/t8-/m0/s1. The summed E-state index contributed by atoms with van der Waals surface area (Å²) in [5.41, 5.74) is -0.673. The fraction of sp³-hybridized carbons (Fsp3) is 0.750. The molecule has 5 heteroatoms. The molecule has 1 amide bonds. The molecule has 0 bridgehead atoms. The summed E-state index contributed by atoms with van der Waals surface area (Å²) >= 11 is 0. The molecule has 1 saturated heterocycles. The van der Waals surface area contributed by atoms with Crippen LogP contribution in [0.25, 0.3) is 0 Å². The number of methoxy groups -OCH3 is 1. The minimum Gasteiger partial charge on any atom is -0.467 e. The summed E-state index contributed by atoms with van der Waals surface area (Å²) in [5.74, 6) is -1.46. The van der Waals surface area contributed by atoms with E-state index >= 15 is 0 Å². The highest BCUT2D eigenvalue weighted by Gasteiger charge is 2.43. The van der Waals surface area contributed by atoms with Gasteiger partial charge < -0.3 is 9.64 Å². The van der Waals surface area contributed by atoms with Gasteiger partial charge in [0.15, 0.2) is 0 Å². The quantitative estimate of drug-likeness (QED) is 0.538. The summed E-state index contributed by atoms with van der Waals surface area (Å²) < 4.78 is 4.58. The Balaban J connectivity index is 2.72. The first-order valence-electron chi connectivity index (χ1n) is 5.78. The summed E-state index contributed by atoms with van der Waals surface area (Å²) in [6.07, 6.45) is 1.16. The molecule has 0 saturated carbocycles. The molecule has 0 unspecified atom stereocenters. The smallest absolute Gasteiger partial charge is 0.328 e. The van der Waals surface area contributed by atoms with Gasteiger partial charge in [0.05, 0.1) is 7.11 Å². The average molecular weight is 241 g/mol. The molecule has 0 radical (unpaired) electrons. The van der Waals surface area contributed by atoms with Gasteiger partial charge in [-0.3, -0.25) is 9.59 Å². The number of ether oxygens (including phenoxy) is 1. The number of esters is 1. The number of hydrogen-bond donors (Lipinski definition) is 0. The van der Waals surface area contributed by atoms with Crippen molar-refractivity contribution >= 4 is 17.7 Å². The lowest BCUT2D eigenvalue weighted by molar-refractivity contribution is -0.164. The van der Waals surface area contributed by atoms with E-state index in [0.29, 0.717) is 19.4 Å². The van der Waals surface area contributed by atoms with Gasteiger partial charge in [-0.05, 0) is 12.8 Å². The van der Waals surface area contributed by atoms with E-state index in [9.17, 15) is 14.4 Å². The minimum absolute atomic E-state index is 0.436. The van der Waals surface area contributed by atoms with Crippen molar-refractivity contribution in [3.8, 4) is 0 Å². The normalized spacial score (nSPS) is 19.5. The second kappa shape index (κ2) is 4.85. The van der Waals surface area contributed by atoms with Crippen LogP contribution in [0.4, 0.5) is 0 Å². The van der Waals surface area contributed by atoms with E-state index in [2.05, 4.69) is 4.74 Å². The molecule has 1 rings (SSSR count). The predicted molar refractivity (Wildman–Crippen MR) is 61.2 cm³/mol. The Morgan fingerprint density at radius 1 is 1.35 bits per heavy atom. The van der Waals surface area contributed by atoms with Crippen LogP contribution >= 0.6 is 0 Å². The second-order valence-electron chi connectivity index (χ2n) is 4.89. The van der Waals surface area contributed by atoms with Crippen LogP contribution in [0.1, 0.15) is 33.6 Å². The zero-order chi connectivity index (χ0) is 13.2. The Morgan fingerprint density at radius 3 is 2.29 bits per heavy atom. The third-order valence-electron chi connectivity index (χ3n) is 3.45. The summed E-state index contributed by atoms with van der Waals surface area (Å²) in [6, 6.07) is -0.580. The molecule has 17 heavy (non-hydrogen) atoms. The fourth-order valence-electron chi connectivity index (χ4n) is 1.59. The van der Waals surface area contributed by atoms with E-state index in [1.807, 2.05) is 6.92 Å². The van der Waals surface area contributed by atoms with E-state index in [1.54, 1.807) is 13.8 Å². The topological polar surface area (TPSA) is 63.7 Å². The van der Waals surface area contributed by atoms with E-state index in [1.165, 1.54) is 12.0 Å². The van der Waals surface area contributed by atoms with Gasteiger partial charge in [0.1, 0.15) is 6.04 Å². The Hall–Kier alpha value is -1.39. The van der Waals surface area contributed by atoms with Crippen LogP contribution in [0.5, 0.6) is 0 Å². The molecule has 0 N–H and O–H groups in total. The van der Waals surface area contributed by atoms with Gasteiger partial charge in [-0.1, -0.05) is 20.8 Å². The molecular formula is C12H19NO4. The molecule has 0 aromatic carbocycles. The highest BCUT2D eigenvalue weighted by atomic mass is 16.5. The van der Waals surface area contributed by atoms with Gasteiger partial charge in [-0.15, -0.1) is 0 Å². The largest absolute Gasteiger partial charge is 0.467 e. The summed E-state index contributed by atoms with van der Waals surface area (Å²) in [5, 5.41) is 0. The van der Waals surface area contributed by atoms with Crippen LogP contribution in [-0.4, -0.2) is 42.3 Å². The van der Waals surface area contributed by atoms with Gasteiger partial charge in [0, 0.05) is 12.0 Å². The zero-order valence-electron chi connectivity index (χ0n) is 10.8. The molecule has 0 spiro atoms. The SMILES string of the molecule is CCC(C)(C)C(=O)C(=O)N1CC[C@H]1C(=O)OC. The third kappa shape index (κ3) is 2.48. The maximum atomic E-state index is 11.9. The fourth-order valence-corrected chi connectivity index (χ4v) is 1.59. The van der Waals surface area contributed by atoms with Crippen molar-refractivity contribution in [1.29, 1.82) is 0 Å². The molecule has 1 fully saturated rings. The van der Waals surface area contributed by atoms with Crippen molar-refractivity contribution < 1.29 is 19.1 Å².